The maximum Gasteiger partial charge on any atom is 0.320 e. The van der Waals surface area contributed by atoms with E-state index in [1.165, 1.54) is 0 Å². The van der Waals surface area contributed by atoms with Gasteiger partial charge < -0.3 is 10.2 Å². The van der Waals surface area contributed by atoms with Crippen molar-refractivity contribution in [1.29, 1.82) is 0 Å². The number of carboxylic acids is 1. The van der Waals surface area contributed by atoms with Gasteiger partial charge in [0.1, 0.15) is 6.04 Å². The minimum Gasteiger partial charge on any atom is -0.480 e. The van der Waals surface area contributed by atoms with Crippen LogP contribution < -0.4 is 5.32 Å². The van der Waals surface area contributed by atoms with Crippen LogP contribution in [-0.2, 0) is 4.79 Å². The van der Waals surface area contributed by atoms with Gasteiger partial charge in [-0.05, 0) is 26.2 Å². The van der Waals surface area contributed by atoms with Gasteiger partial charge in [-0.15, -0.1) is 0 Å². The molecule has 0 aliphatic heterocycles. The number of hydrogen-bond acceptors (Lipinski definition) is 3. The van der Waals surface area contributed by atoms with Crippen molar-refractivity contribution >= 4 is 5.97 Å². The number of aliphatic carboxylic acids is 1. The van der Waals surface area contributed by atoms with E-state index >= 15 is 0 Å². The third-order valence-electron chi connectivity index (χ3n) is 2.67. The van der Waals surface area contributed by atoms with Gasteiger partial charge >= 0.3 is 5.97 Å². The van der Waals surface area contributed by atoms with Crippen molar-refractivity contribution in [3.05, 3.63) is 0 Å². The van der Waals surface area contributed by atoms with Gasteiger partial charge in [0.25, 0.3) is 0 Å². The summed E-state index contributed by atoms with van der Waals surface area (Å²) in [5, 5.41) is 20.8. The normalized spacial score (nSPS) is 17.4. The quantitative estimate of drug-likeness (QED) is 0.577. The highest BCUT2D eigenvalue weighted by atomic mass is 16.4. The molecule has 2 atom stereocenters. The molecule has 84 valence electrons. The van der Waals surface area contributed by atoms with Crippen LogP contribution in [0.25, 0.3) is 0 Å². The molecule has 2 unspecified atom stereocenters. The number of aliphatic hydroxyl groups is 1. The molecule has 0 aromatic heterocycles. The highest BCUT2D eigenvalue weighted by Gasteiger charge is 2.27. The molecule has 0 saturated heterocycles. The molecule has 0 amide bonds. The standard InChI is InChI=1S/C10H21NO3/c1-4-8(9(13)14)11-10(3,5-2)6-7-12/h8,11-12H,4-7H2,1-3H3,(H,13,14). The zero-order chi connectivity index (χ0) is 11.2. The van der Waals surface area contributed by atoms with Gasteiger partial charge in [0.2, 0.25) is 0 Å². The molecule has 0 fully saturated rings. The largest absolute Gasteiger partial charge is 0.480 e. The SMILES string of the molecule is CCC(NC(C)(CC)CCO)C(=O)O. The Bertz CT molecular complexity index is 184. The summed E-state index contributed by atoms with van der Waals surface area (Å²) in [5.41, 5.74) is -0.284. The van der Waals surface area contributed by atoms with E-state index in [4.69, 9.17) is 10.2 Å². The van der Waals surface area contributed by atoms with Crippen LogP contribution >= 0.6 is 0 Å². The Balaban J connectivity index is 4.33. The molecular weight excluding hydrogens is 182 g/mol. The second-order valence-electron chi connectivity index (χ2n) is 3.83. The second kappa shape index (κ2) is 5.98. The predicted molar refractivity (Wildman–Crippen MR) is 55.2 cm³/mol. The molecule has 0 aromatic carbocycles. The molecule has 3 N–H and O–H groups in total. The van der Waals surface area contributed by atoms with E-state index in [1.807, 2.05) is 20.8 Å². The molecule has 0 saturated carbocycles. The molecule has 0 radical (unpaired) electrons. The summed E-state index contributed by atoms with van der Waals surface area (Å²) in [7, 11) is 0. The van der Waals surface area contributed by atoms with E-state index in [2.05, 4.69) is 5.32 Å². The van der Waals surface area contributed by atoms with E-state index in [0.717, 1.165) is 6.42 Å². The molecule has 0 aromatic rings. The Hall–Kier alpha value is -0.610. The van der Waals surface area contributed by atoms with Crippen molar-refractivity contribution in [2.45, 2.75) is 51.6 Å². The first-order chi connectivity index (χ1) is 6.49. The lowest BCUT2D eigenvalue weighted by molar-refractivity contribution is -0.140. The number of carbonyl (C=O) groups is 1. The topological polar surface area (TPSA) is 69.6 Å². The number of carboxylic acid groups (broad SMARTS) is 1. The van der Waals surface area contributed by atoms with E-state index in [-0.39, 0.29) is 12.1 Å². The first-order valence-electron chi connectivity index (χ1n) is 5.10. The minimum atomic E-state index is -0.829. The highest BCUT2D eigenvalue weighted by Crippen LogP contribution is 2.15. The molecule has 0 rings (SSSR count). The molecule has 0 aliphatic rings. The third-order valence-corrected chi connectivity index (χ3v) is 2.67. The Labute approximate surface area is 85.3 Å². The van der Waals surface area contributed by atoms with Crippen LogP contribution in [0.15, 0.2) is 0 Å². The maximum atomic E-state index is 10.8. The first-order valence-corrected chi connectivity index (χ1v) is 5.10. The van der Waals surface area contributed by atoms with Crippen molar-refractivity contribution < 1.29 is 15.0 Å². The summed E-state index contributed by atoms with van der Waals surface area (Å²) in [4.78, 5) is 10.8. The Kier molecular flexibility index (Phi) is 5.72. The average molecular weight is 203 g/mol. The summed E-state index contributed by atoms with van der Waals surface area (Å²) >= 11 is 0. The van der Waals surface area contributed by atoms with Crippen LogP contribution in [0.4, 0.5) is 0 Å². The van der Waals surface area contributed by atoms with Crippen molar-refractivity contribution in [3.8, 4) is 0 Å². The lowest BCUT2D eigenvalue weighted by atomic mass is 9.93. The average Bonchev–Trinajstić information content (AvgIpc) is 2.14. The van der Waals surface area contributed by atoms with E-state index in [1.54, 1.807) is 0 Å². The molecule has 0 bridgehead atoms. The van der Waals surface area contributed by atoms with Crippen LogP contribution in [0.5, 0.6) is 0 Å². The van der Waals surface area contributed by atoms with Crippen LogP contribution in [0.3, 0.4) is 0 Å². The zero-order valence-electron chi connectivity index (χ0n) is 9.21. The molecular formula is C10H21NO3. The van der Waals surface area contributed by atoms with Crippen LogP contribution in [0.2, 0.25) is 0 Å². The Morgan fingerprint density at radius 2 is 2.07 bits per heavy atom. The van der Waals surface area contributed by atoms with Crippen molar-refractivity contribution in [2.75, 3.05) is 6.61 Å². The van der Waals surface area contributed by atoms with E-state index in [9.17, 15) is 4.79 Å². The second-order valence-corrected chi connectivity index (χ2v) is 3.83. The Morgan fingerprint density at radius 3 is 2.36 bits per heavy atom. The fraction of sp³-hybridized carbons (Fsp3) is 0.900. The predicted octanol–water partition coefficient (Wildman–Crippen LogP) is 0.990. The molecule has 4 nitrogen and oxygen atoms in total. The van der Waals surface area contributed by atoms with Gasteiger partial charge in [0.15, 0.2) is 0 Å². The summed E-state index contributed by atoms with van der Waals surface area (Å²) < 4.78 is 0. The van der Waals surface area contributed by atoms with Crippen LogP contribution in [0.1, 0.15) is 40.0 Å². The van der Waals surface area contributed by atoms with Gasteiger partial charge in [-0.3, -0.25) is 10.1 Å². The molecule has 0 aliphatic carbocycles. The monoisotopic (exact) mass is 203 g/mol. The lowest BCUT2D eigenvalue weighted by Gasteiger charge is -2.32. The zero-order valence-corrected chi connectivity index (χ0v) is 9.21. The van der Waals surface area contributed by atoms with Crippen molar-refractivity contribution in [2.24, 2.45) is 0 Å². The highest BCUT2D eigenvalue weighted by molar-refractivity contribution is 5.73. The summed E-state index contributed by atoms with van der Waals surface area (Å²) in [6.07, 6.45) is 1.93. The van der Waals surface area contributed by atoms with Gasteiger partial charge in [-0.1, -0.05) is 13.8 Å². The van der Waals surface area contributed by atoms with Crippen molar-refractivity contribution in [3.63, 3.8) is 0 Å². The van der Waals surface area contributed by atoms with Crippen LogP contribution in [0, 0.1) is 0 Å². The molecule has 4 heteroatoms. The fourth-order valence-corrected chi connectivity index (χ4v) is 1.36. The molecule has 0 heterocycles. The van der Waals surface area contributed by atoms with Gasteiger partial charge in [-0.25, -0.2) is 0 Å². The van der Waals surface area contributed by atoms with Crippen molar-refractivity contribution in [1.82, 2.24) is 5.32 Å². The van der Waals surface area contributed by atoms with E-state index < -0.39 is 12.0 Å². The minimum absolute atomic E-state index is 0.0768. The summed E-state index contributed by atoms with van der Waals surface area (Å²) in [6.45, 7) is 5.83. The maximum absolute atomic E-state index is 10.8. The molecule has 14 heavy (non-hydrogen) atoms. The smallest absolute Gasteiger partial charge is 0.320 e. The van der Waals surface area contributed by atoms with Gasteiger partial charge in [0, 0.05) is 12.1 Å². The third kappa shape index (κ3) is 4.07. The number of aliphatic hydroxyl groups excluding tert-OH is 1. The van der Waals surface area contributed by atoms with Gasteiger partial charge in [-0.2, -0.15) is 0 Å². The summed E-state index contributed by atoms with van der Waals surface area (Å²) in [6, 6.07) is -0.522. The number of nitrogens with one attached hydrogen (secondary N) is 1. The van der Waals surface area contributed by atoms with Crippen LogP contribution in [-0.4, -0.2) is 34.4 Å². The van der Waals surface area contributed by atoms with E-state index in [0.29, 0.717) is 12.8 Å². The lowest BCUT2D eigenvalue weighted by Crippen LogP contribution is -2.51. The van der Waals surface area contributed by atoms with Gasteiger partial charge in [0.05, 0.1) is 0 Å². The Morgan fingerprint density at radius 1 is 1.50 bits per heavy atom. The first kappa shape index (κ1) is 13.4. The fourth-order valence-electron chi connectivity index (χ4n) is 1.36. The summed E-state index contributed by atoms with van der Waals surface area (Å²) in [5.74, 6) is -0.829. The number of hydrogen-bond donors (Lipinski definition) is 3. The molecule has 0 spiro atoms. The number of rotatable bonds is 7.